The molecule has 2 aromatic rings. The molecule has 0 saturated carbocycles. The first-order valence-corrected chi connectivity index (χ1v) is 6.66. The second-order valence-electron chi connectivity index (χ2n) is 5.12. The Kier molecular flexibility index (Phi) is 4.67. The summed E-state index contributed by atoms with van der Waals surface area (Å²) in [7, 11) is 0. The predicted molar refractivity (Wildman–Crippen MR) is 77.2 cm³/mol. The van der Waals surface area contributed by atoms with Gasteiger partial charge in [-0.15, -0.1) is 0 Å². The van der Waals surface area contributed by atoms with Crippen molar-refractivity contribution < 1.29 is 18.7 Å². The zero-order chi connectivity index (χ0) is 17.0. The van der Waals surface area contributed by atoms with Crippen LogP contribution in [0.3, 0.4) is 0 Å². The summed E-state index contributed by atoms with van der Waals surface area (Å²) < 4.78 is 26.6. The van der Waals surface area contributed by atoms with Crippen LogP contribution in [0.1, 0.15) is 28.5 Å². The molecule has 0 aliphatic rings. The number of hydrogen-bond donors (Lipinski definition) is 2. The summed E-state index contributed by atoms with van der Waals surface area (Å²) in [5.74, 6) is -2.24. The number of aliphatic hydroxyl groups is 1. The van der Waals surface area contributed by atoms with Crippen molar-refractivity contribution in [2.45, 2.75) is 12.5 Å². The maximum Gasteiger partial charge on any atom is 0.269 e. The van der Waals surface area contributed by atoms with Crippen molar-refractivity contribution in [2.75, 3.05) is 6.54 Å². The minimum atomic E-state index is -1.72. The number of hydrogen-bond acceptors (Lipinski definition) is 4. The fraction of sp³-hybridized carbons (Fsp3) is 0.188. The first-order valence-electron chi connectivity index (χ1n) is 6.66. The molecule has 118 valence electrons. The number of pyridine rings is 1. The van der Waals surface area contributed by atoms with Gasteiger partial charge in [-0.05, 0) is 25.1 Å². The number of nitriles is 1. The first kappa shape index (κ1) is 16.5. The van der Waals surface area contributed by atoms with Crippen LogP contribution in [0.5, 0.6) is 0 Å². The van der Waals surface area contributed by atoms with Gasteiger partial charge in [0.1, 0.15) is 29.0 Å². The molecule has 0 fully saturated rings. The Balaban J connectivity index is 2.08. The quantitative estimate of drug-likeness (QED) is 0.901. The minimum Gasteiger partial charge on any atom is -0.383 e. The Hall–Kier alpha value is -2.85. The summed E-state index contributed by atoms with van der Waals surface area (Å²) in [5, 5.41) is 21.4. The lowest BCUT2D eigenvalue weighted by Crippen LogP contribution is -2.39. The van der Waals surface area contributed by atoms with Gasteiger partial charge < -0.3 is 10.4 Å². The zero-order valence-corrected chi connectivity index (χ0v) is 12.2. The normalized spacial score (nSPS) is 13.0. The Bertz CT molecular complexity index is 768. The number of benzene rings is 1. The van der Waals surface area contributed by atoms with Crippen molar-refractivity contribution in [3.05, 3.63) is 65.0 Å². The van der Waals surface area contributed by atoms with E-state index in [0.29, 0.717) is 11.6 Å². The molecule has 7 heteroatoms. The van der Waals surface area contributed by atoms with Crippen LogP contribution in [0, 0.1) is 23.0 Å². The van der Waals surface area contributed by atoms with Crippen LogP contribution < -0.4 is 5.32 Å². The second-order valence-corrected chi connectivity index (χ2v) is 5.12. The summed E-state index contributed by atoms with van der Waals surface area (Å²) >= 11 is 0. The summed E-state index contributed by atoms with van der Waals surface area (Å²) in [4.78, 5) is 15.8. The van der Waals surface area contributed by atoms with E-state index in [2.05, 4.69) is 10.3 Å². The lowest BCUT2D eigenvalue weighted by Gasteiger charge is -2.24. The molecule has 5 nitrogen and oxygen atoms in total. The highest BCUT2D eigenvalue weighted by molar-refractivity contribution is 5.92. The van der Waals surface area contributed by atoms with Crippen LogP contribution in [-0.2, 0) is 5.60 Å². The Morgan fingerprint density at radius 1 is 1.39 bits per heavy atom. The van der Waals surface area contributed by atoms with Crippen LogP contribution in [-0.4, -0.2) is 22.5 Å². The van der Waals surface area contributed by atoms with Gasteiger partial charge in [-0.25, -0.2) is 13.8 Å². The molecule has 2 N–H and O–H groups in total. The molecule has 0 aliphatic heterocycles. The molecule has 0 aliphatic carbocycles. The highest BCUT2D eigenvalue weighted by Gasteiger charge is 2.27. The van der Waals surface area contributed by atoms with E-state index in [0.717, 1.165) is 12.1 Å². The fourth-order valence-electron chi connectivity index (χ4n) is 1.96. The van der Waals surface area contributed by atoms with E-state index >= 15 is 0 Å². The molecular weight excluding hydrogens is 304 g/mol. The summed E-state index contributed by atoms with van der Waals surface area (Å²) in [6.45, 7) is 1.01. The molecule has 0 saturated heterocycles. The van der Waals surface area contributed by atoms with Gasteiger partial charge in [0.05, 0.1) is 12.1 Å². The number of aromatic nitrogens is 1. The van der Waals surface area contributed by atoms with E-state index in [-0.39, 0.29) is 17.8 Å². The van der Waals surface area contributed by atoms with Gasteiger partial charge in [0, 0.05) is 17.8 Å². The topological polar surface area (TPSA) is 86.0 Å². The van der Waals surface area contributed by atoms with Gasteiger partial charge in [0.2, 0.25) is 0 Å². The van der Waals surface area contributed by atoms with Crippen molar-refractivity contribution in [3.63, 3.8) is 0 Å². The van der Waals surface area contributed by atoms with Crippen molar-refractivity contribution in [2.24, 2.45) is 0 Å². The number of nitrogens with zero attached hydrogens (tertiary/aromatic N) is 2. The van der Waals surface area contributed by atoms with Crippen molar-refractivity contribution in [1.29, 1.82) is 5.26 Å². The smallest absolute Gasteiger partial charge is 0.269 e. The molecule has 0 bridgehead atoms. The minimum absolute atomic E-state index is 0.0550. The molecule has 0 radical (unpaired) electrons. The fourth-order valence-corrected chi connectivity index (χ4v) is 1.96. The molecule has 1 heterocycles. The highest BCUT2D eigenvalue weighted by atomic mass is 19.1. The van der Waals surface area contributed by atoms with E-state index in [1.54, 1.807) is 0 Å². The third-order valence-corrected chi connectivity index (χ3v) is 3.23. The summed E-state index contributed by atoms with van der Waals surface area (Å²) in [6, 6.07) is 7.47. The third kappa shape index (κ3) is 3.87. The van der Waals surface area contributed by atoms with Gasteiger partial charge in [-0.1, -0.05) is 6.07 Å². The van der Waals surface area contributed by atoms with Gasteiger partial charge >= 0.3 is 0 Å². The average Bonchev–Trinajstić information content (AvgIpc) is 2.52. The molecule has 0 unspecified atom stereocenters. The van der Waals surface area contributed by atoms with E-state index in [1.807, 2.05) is 6.07 Å². The molecule has 1 atom stereocenters. The first-order chi connectivity index (χ1) is 10.8. The lowest BCUT2D eigenvalue weighted by atomic mass is 9.95. The molecule has 0 spiro atoms. The average molecular weight is 317 g/mol. The van der Waals surface area contributed by atoms with Gasteiger partial charge in [-0.3, -0.25) is 4.79 Å². The molecule has 2 rings (SSSR count). The lowest BCUT2D eigenvalue weighted by molar-refractivity contribution is 0.0493. The Labute approximate surface area is 131 Å². The largest absolute Gasteiger partial charge is 0.383 e. The van der Waals surface area contributed by atoms with E-state index in [1.165, 1.54) is 25.3 Å². The number of rotatable bonds is 4. The maximum absolute atomic E-state index is 13.7. The van der Waals surface area contributed by atoms with Crippen LogP contribution in [0.4, 0.5) is 8.78 Å². The van der Waals surface area contributed by atoms with Crippen molar-refractivity contribution in [1.82, 2.24) is 10.3 Å². The second kappa shape index (κ2) is 6.50. The van der Waals surface area contributed by atoms with E-state index < -0.39 is 23.1 Å². The Morgan fingerprint density at radius 3 is 2.70 bits per heavy atom. The van der Waals surface area contributed by atoms with Gasteiger partial charge in [-0.2, -0.15) is 5.26 Å². The molecular formula is C16H13F2N3O2. The van der Waals surface area contributed by atoms with Crippen molar-refractivity contribution in [3.8, 4) is 6.07 Å². The van der Waals surface area contributed by atoms with E-state index in [9.17, 15) is 18.7 Å². The zero-order valence-electron chi connectivity index (χ0n) is 12.2. The number of carbonyl (C=O) groups is 1. The number of halogens is 2. The van der Waals surface area contributed by atoms with Crippen LogP contribution in [0.25, 0.3) is 0 Å². The molecule has 1 aromatic heterocycles. The number of amides is 1. The predicted octanol–water partition coefficient (Wildman–Crippen LogP) is 1.87. The third-order valence-electron chi connectivity index (χ3n) is 3.23. The standard InChI is InChI=1S/C16H13F2N3O2/c1-16(23,12-4-3-11(17)6-13(12)18)9-21-15(22)14-5-2-10(7-19)8-20-14/h2-6,8,23H,9H2,1H3,(H,21,22)/t16-/m1/s1. The number of carbonyl (C=O) groups excluding carboxylic acids is 1. The maximum atomic E-state index is 13.7. The van der Waals surface area contributed by atoms with Crippen LogP contribution in [0.2, 0.25) is 0 Å². The molecule has 1 amide bonds. The summed E-state index contributed by atoms with van der Waals surface area (Å²) in [6.07, 6.45) is 1.24. The molecule has 1 aromatic carbocycles. The van der Waals surface area contributed by atoms with E-state index in [4.69, 9.17) is 5.26 Å². The molecule has 23 heavy (non-hydrogen) atoms. The summed E-state index contributed by atoms with van der Waals surface area (Å²) in [5.41, 5.74) is -1.49. The number of nitrogens with one attached hydrogen (secondary N) is 1. The van der Waals surface area contributed by atoms with Crippen molar-refractivity contribution >= 4 is 5.91 Å². The van der Waals surface area contributed by atoms with Gasteiger partial charge in [0.15, 0.2) is 0 Å². The monoisotopic (exact) mass is 317 g/mol. The highest BCUT2D eigenvalue weighted by Crippen LogP contribution is 2.23. The van der Waals surface area contributed by atoms with Crippen LogP contribution >= 0.6 is 0 Å². The van der Waals surface area contributed by atoms with Crippen LogP contribution in [0.15, 0.2) is 36.5 Å². The van der Waals surface area contributed by atoms with Gasteiger partial charge in [0.25, 0.3) is 5.91 Å². The Morgan fingerprint density at radius 2 is 2.13 bits per heavy atom. The SMILES string of the molecule is C[C@@](O)(CNC(=O)c1ccc(C#N)cn1)c1ccc(F)cc1F.